The Kier molecular flexibility index (Phi) is 3.71. The Hall–Kier alpha value is -2.20. The number of hydrogen-bond donors (Lipinski definition) is 1. The van der Waals surface area contributed by atoms with Gasteiger partial charge in [0.1, 0.15) is 5.75 Å². The molecule has 0 aliphatic rings. The Morgan fingerprint density at radius 1 is 1.10 bits per heavy atom. The van der Waals surface area contributed by atoms with Crippen molar-refractivity contribution < 1.29 is 9.53 Å². The SMILES string of the molecule is COc1cccc2[nH]cc(C(=O)c3ccccc3SC)c12. The van der Waals surface area contributed by atoms with Gasteiger partial charge in [0.25, 0.3) is 0 Å². The van der Waals surface area contributed by atoms with Gasteiger partial charge >= 0.3 is 0 Å². The minimum absolute atomic E-state index is 0.00991. The van der Waals surface area contributed by atoms with E-state index in [2.05, 4.69) is 4.98 Å². The van der Waals surface area contributed by atoms with Gasteiger partial charge in [-0.15, -0.1) is 11.8 Å². The van der Waals surface area contributed by atoms with Crippen molar-refractivity contribution in [1.29, 1.82) is 0 Å². The van der Waals surface area contributed by atoms with Crippen LogP contribution in [0.15, 0.2) is 53.6 Å². The normalized spacial score (nSPS) is 10.8. The average molecular weight is 297 g/mol. The number of rotatable bonds is 4. The van der Waals surface area contributed by atoms with Crippen LogP contribution in [0.2, 0.25) is 0 Å². The number of fused-ring (bicyclic) bond motifs is 1. The van der Waals surface area contributed by atoms with Crippen molar-refractivity contribution in [3.8, 4) is 5.75 Å². The van der Waals surface area contributed by atoms with E-state index in [4.69, 9.17) is 4.74 Å². The van der Waals surface area contributed by atoms with Crippen LogP contribution < -0.4 is 4.74 Å². The summed E-state index contributed by atoms with van der Waals surface area (Å²) in [5, 5.41) is 0.834. The van der Waals surface area contributed by atoms with Crippen LogP contribution in [0, 0.1) is 0 Å². The van der Waals surface area contributed by atoms with Crippen LogP contribution in [0.25, 0.3) is 10.9 Å². The summed E-state index contributed by atoms with van der Waals surface area (Å²) >= 11 is 1.57. The zero-order valence-corrected chi connectivity index (χ0v) is 12.7. The first kappa shape index (κ1) is 13.8. The molecule has 1 heterocycles. The lowest BCUT2D eigenvalue weighted by molar-refractivity contribution is 0.103. The smallest absolute Gasteiger partial charge is 0.196 e. The largest absolute Gasteiger partial charge is 0.496 e. The van der Waals surface area contributed by atoms with Gasteiger partial charge in [-0.2, -0.15) is 0 Å². The lowest BCUT2D eigenvalue weighted by Gasteiger charge is -2.07. The van der Waals surface area contributed by atoms with Gasteiger partial charge in [0.2, 0.25) is 0 Å². The first-order chi connectivity index (χ1) is 10.3. The summed E-state index contributed by atoms with van der Waals surface area (Å²) in [6.07, 6.45) is 3.73. The Labute approximate surface area is 127 Å². The average Bonchev–Trinajstić information content (AvgIpc) is 2.98. The molecule has 0 bridgehead atoms. The Bertz CT molecular complexity index is 807. The molecule has 0 aliphatic carbocycles. The van der Waals surface area contributed by atoms with E-state index in [1.165, 1.54) is 0 Å². The van der Waals surface area contributed by atoms with Gasteiger partial charge in [0.05, 0.1) is 18.1 Å². The molecule has 0 atom stereocenters. The zero-order valence-electron chi connectivity index (χ0n) is 11.8. The Balaban J connectivity index is 2.18. The second-order valence-corrected chi connectivity index (χ2v) is 5.46. The van der Waals surface area contributed by atoms with E-state index < -0.39 is 0 Å². The van der Waals surface area contributed by atoms with Gasteiger partial charge in [0.15, 0.2) is 5.78 Å². The van der Waals surface area contributed by atoms with Gasteiger partial charge in [0, 0.05) is 22.2 Å². The second-order valence-electron chi connectivity index (χ2n) is 4.61. The number of aromatic nitrogens is 1. The number of nitrogens with one attached hydrogen (secondary N) is 1. The summed E-state index contributed by atoms with van der Waals surface area (Å²) in [6.45, 7) is 0. The molecular weight excluding hydrogens is 282 g/mol. The number of H-pyrrole nitrogens is 1. The quantitative estimate of drug-likeness (QED) is 0.581. The lowest BCUT2D eigenvalue weighted by atomic mass is 10.0. The fourth-order valence-electron chi connectivity index (χ4n) is 2.48. The standard InChI is InChI=1S/C17H15NO2S/c1-20-14-8-5-7-13-16(14)12(10-18-13)17(19)11-6-3-4-9-15(11)21-2/h3-10,18H,1-2H3. The van der Waals surface area contributed by atoms with Crippen molar-refractivity contribution in [2.75, 3.05) is 13.4 Å². The van der Waals surface area contributed by atoms with E-state index in [0.717, 1.165) is 21.4 Å². The predicted octanol–water partition coefficient (Wildman–Crippen LogP) is 4.13. The molecule has 106 valence electrons. The minimum Gasteiger partial charge on any atom is -0.496 e. The predicted molar refractivity (Wildman–Crippen MR) is 86.5 cm³/mol. The molecule has 3 rings (SSSR count). The monoisotopic (exact) mass is 297 g/mol. The summed E-state index contributed by atoms with van der Waals surface area (Å²) in [7, 11) is 1.62. The second kappa shape index (κ2) is 5.66. The van der Waals surface area contributed by atoms with Crippen LogP contribution in [-0.2, 0) is 0 Å². The number of methoxy groups -OCH3 is 1. The number of hydrogen-bond acceptors (Lipinski definition) is 3. The molecule has 4 heteroatoms. The molecule has 0 saturated heterocycles. The van der Waals surface area contributed by atoms with E-state index in [-0.39, 0.29) is 5.78 Å². The van der Waals surface area contributed by atoms with Crippen molar-refractivity contribution in [1.82, 2.24) is 4.98 Å². The highest BCUT2D eigenvalue weighted by molar-refractivity contribution is 7.98. The third-order valence-corrected chi connectivity index (χ3v) is 4.28. The molecule has 2 aromatic carbocycles. The van der Waals surface area contributed by atoms with Gasteiger partial charge < -0.3 is 9.72 Å². The summed E-state index contributed by atoms with van der Waals surface area (Å²) < 4.78 is 5.39. The molecule has 0 radical (unpaired) electrons. The minimum atomic E-state index is 0.00991. The maximum Gasteiger partial charge on any atom is 0.196 e. The van der Waals surface area contributed by atoms with Crippen LogP contribution in [0.1, 0.15) is 15.9 Å². The molecule has 0 spiro atoms. The highest BCUT2D eigenvalue weighted by atomic mass is 32.2. The highest BCUT2D eigenvalue weighted by Gasteiger charge is 2.19. The summed E-state index contributed by atoms with van der Waals surface area (Å²) in [6, 6.07) is 13.4. The van der Waals surface area contributed by atoms with Gasteiger partial charge in [-0.25, -0.2) is 0 Å². The molecule has 0 fully saturated rings. The molecule has 0 aliphatic heterocycles. The number of carbonyl (C=O) groups excluding carboxylic acids is 1. The fraction of sp³-hybridized carbons (Fsp3) is 0.118. The molecule has 21 heavy (non-hydrogen) atoms. The van der Waals surface area contributed by atoms with E-state index in [1.54, 1.807) is 25.1 Å². The number of carbonyl (C=O) groups is 1. The molecule has 3 aromatic rings. The number of aromatic amines is 1. The van der Waals surface area contributed by atoms with Gasteiger partial charge in [-0.1, -0.05) is 18.2 Å². The van der Waals surface area contributed by atoms with Crippen molar-refractivity contribution in [2.45, 2.75) is 4.90 Å². The van der Waals surface area contributed by atoms with E-state index in [1.807, 2.05) is 48.7 Å². The highest BCUT2D eigenvalue weighted by Crippen LogP contribution is 2.31. The molecule has 1 N–H and O–H groups in total. The summed E-state index contributed by atoms with van der Waals surface area (Å²) in [4.78, 5) is 17.0. The van der Waals surface area contributed by atoms with Crippen molar-refractivity contribution >= 4 is 28.4 Å². The third-order valence-electron chi connectivity index (χ3n) is 3.48. The van der Waals surface area contributed by atoms with Crippen LogP contribution in [0.3, 0.4) is 0 Å². The van der Waals surface area contributed by atoms with E-state index in [9.17, 15) is 4.79 Å². The third kappa shape index (κ3) is 2.32. The van der Waals surface area contributed by atoms with Crippen molar-refractivity contribution in [3.63, 3.8) is 0 Å². The Morgan fingerprint density at radius 3 is 2.67 bits per heavy atom. The number of ketones is 1. The molecule has 3 nitrogen and oxygen atoms in total. The molecule has 0 amide bonds. The van der Waals surface area contributed by atoms with Crippen LogP contribution in [0.5, 0.6) is 5.75 Å². The van der Waals surface area contributed by atoms with Crippen molar-refractivity contribution in [3.05, 3.63) is 59.8 Å². The maximum atomic E-state index is 12.9. The van der Waals surface area contributed by atoms with Crippen LogP contribution in [-0.4, -0.2) is 24.1 Å². The van der Waals surface area contributed by atoms with Gasteiger partial charge in [-0.3, -0.25) is 4.79 Å². The van der Waals surface area contributed by atoms with E-state index in [0.29, 0.717) is 11.3 Å². The number of benzene rings is 2. The molecule has 0 saturated carbocycles. The zero-order chi connectivity index (χ0) is 14.8. The van der Waals surface area contributed by atoms with Crippen LogP contribution >= 0.6 is 11.8 Å². The molecule has 1 aromatic heterocycles. The van der Waals surface area contributed by atoms with Crippen molar-refractivity contribution in [2.24, 2.45) is 0 Å². The first-order valence-corrected chi connectivity index (χ1v) is 7.80. The molecular formula is C17H15NO2S. The Morgan fingerprint density at radius 2 is 1.90 bits per heavy atom. The number of thioether (sulfide) groups is 1. The fourth-order valence-corrected chi connectivity index (χ4v) is 3.07. The topological polar surface area (TPSA) is 42.1 Å². The summed E-state index contributed by atoms with van der Waals surface area (Å²) in [5.74, 6) is 0.717. The first-order valence-electron chi connectivity index (χ1n) is 6.58. The van der Waals surface area contributed by atoms with Gasteiger partial charge in [-0.05, 0) is 30.5 Å². The lowest BCUT2D eigenvalue weighted by Crippen LogP contribution is -2.02. The summed E-state index contributed by atoms with van der Waals surface area (Å²) in [5.41, 5.74) is 2.26. The van der Waals surface area contributed by atoms with Crippen LogP contribution in [0.4, 0.5) is 0 Å². The maximum absolute atomic E-state index is 12.9. The van der Waals surface area contributed by atoms with E-state index >= 15 is 0 Å². The molecule has 0 unspecified atom stereocenters. The number of ether oxygens (including phenoxy) is 1.